The van der Waals surface area contributed by atoms with Crippen molar-refractivity contribution in [1.82, 2.24) is 9.80 Å². The Balaban J connectivity index is 0.00000368. The number of nitrogen functional groups attached to an aromatic ring is 1. The van der Waals surface area contributed by atoms with Crippen LogP contribution in [0.1, 0.15) is 52.0 Å². The van der Waals surface area contributed by atoms with Gasteiger partial charge in [0, 0.05) is 50.9 Å². The van der Waals surface area contributed by atoms with E-state index < -0.39 is 0 Å². The van der Waals surface area contributed by atoms with Crippen LogP contribution < -0.4 is 25.4 Å². The van der Waals surface area contributed by atoms with Crippen LogP contribution in [0.5, 0.6) is 11.5 Å². The van der Waals surface area contributed by atoms with Gasteiger partial charge in [0.25, 0.3) is 11.8 Å². The number of nitrogens with two attached hydrogens (primary N) is 1. The number of aryl methyl sites for hydroxylation is 1. The maximum atomic E-state index is 13.5. The molecule has 250 valence electrons. The highest BCUT2D eigenvalue weighted by atomic mass is 35.5. The van der Waals surface area contributed by atoms with Crippen LogP contribution in [0.3, 0.4) is 0 Å². The summed E-state index contributed by atoms with van der Waals surface area (Å²) in [7, 11) is 5.26. The van der Waals surface area contributed by atoms with Crippen LogP contribution in [0.2, 0.25) is 0 Å². The first kappa shape index (κ1) is 38.2. The second-order valence-electron chi connectivity index (χ2n) is 11.1. The topological polar surface area (TPSA) is 117 Å². The lowest BCUT2D eigenvalue weighted by Crippen LogP contribution is -2.47. The molecule has 10 nitrogen and oxygen atoms in total. The van der Waals surface area contributed by atoms with Crippen LogP contribution >= 0.6 is 24.8 Å². The van der Waals surface area contributed by atoms with Crippen molar-refractivity contribution in [2.75, 3.05) is 69.9 Å². The molecule has 3 amide bonds. The third-order valence-electron chi connectivity index (χ3n) is 7.83. The van der Waals surface area contributed by atoms with Crippen LogP contribution in [0, 0.1) is 6.92 Å². The Morgan fingerprint density at radius 3 is 2.33 bits per heavy atom. The number of carbonyl (C=O) groups excluding carboxylic acids is 3. The van der Waals surface area contributed by atoms with Crippen LogP contribution in [-0.4, -0.2) is 81.5 Å². The van der Waals surface area contributed by atoms with Gasteiger partial charge in [0.1, 0.15) is 11.5 Å². The summed E-state index contributed by atoms with van der Waals surface area (Å²) in [5.74, 6) is 0.558. The highest BCUT2D eigenvalue weighted by Gasteiger charge is 2.21. The van der Waals surface area contributed by atoms with Crippen molar-refractivity contribution in [3.05, 3.63) is 77.4 Å². The number of hydrogen-bond acceptors (Lipinski definition) is 7. The molecule has 0 saturated carbocycles. The minimum Gasteiger partial charge on any atom is -0.495 e. The van der Waals surface area contributed by atoms with Gasteiger partial charge in [0.05, 0.1) is 30.7 Å². The Bertz CT molecular complexity index is 1480. The number of nitrogens with one attached hydrogen (secondary N) is 1. The molecule has 1 fully saturated rings. The molecule has 0 aromatic heterocycles. The lowest BCUT2D eigenvalue weighted by molar-refractivity contribution is -0.132. The highest BCUT2D eigenvalue weighted by Crippen LogP contribution is 2.32. The Kier molecular flexibility index (Phi) is 15.1. The molecule has 0 aliphatic carbocycles. The number of benzene rings is 3. The van der Waals surface area contributed by atoms with Gasteiger partial charge in [0.2, 0.25) is 5.91 Å². The Labute approximate surface area is 284 Å². The second kappa shape index (κ2) is 18.2. The number of methoxy groups -OCH3 is 1. The van der Waals surface area contributed by atoms with Crippen molar-refractivity contribution in [1.29, 1.82) is 0 Å². The first-order chi connectivity index (χ1) is 21.2. The fourth-order valence-electron chi connectivity index (χ4n) is 5.09. The van der Waals surface area contributed by atoms with Crippen molar-refractivity contribution in [3.8, 4) is 11.5 Å². The summed E-state index contributed by atoms with van der Waals surface area (Å²) < 4.78 is 11.6. The molecule has 46 heavy (non-hydrogen) atoms. The SMILES string of the molecule is COc1cc(C(=O)N(C)c2ccc(C)cc2OCCCCCC(=O)N2CCN(C)CC2)ccc1NC(=O)c1ccccc1N.Cl.Cl. The van der Waals surface area contributed by atoms with Gasteiger partial charge in [-0.3, -0.25) is 14.4 Å². The number of piperazine rings is 1. The second-order valence-corrected chi connectivity index (χ2v) is 11.1. The summed E-state index contributed by atoms with van der Waals surface area (Å²) in [4.78, 5) is 44.6. The summed E-state index contributed by atoms with van der Waals surface area (Å²) in [5.41, 5.74) is 9.12. The summed E-state index contributed by atoms with van der Waals surface area (Å²) >= 11 is 0. The number of hydrogen-bond donors (Lipinski definition) is 2. The third kappa shape index (κ3) is 10.0. The van der Waals surface area contributed by atoms with Crippen molar-refractivity contribution in [2.24, 2.45) is 0 Å². The molecule has 1 aliphatic heterocycles. The number of halogens is 2. The Hall–Kier alpha value is -3.99. The zero-order valence-electron chi connectivity index (χ0n) is 26.9. The number of nitrogens with zero attached hydrogens (tertiary/aromatic N) is 3. The molecule has 0 spiro atoms. The Morgan fingerprint density at radius 2 is 1.63 bits per heavy atom. The largest absolute Gasteiger partial charge is 0.495 e. The number of likely N-dealkylation sites (N-methyl/N-ethyl adjacent to an activating group) is 1. The van der Waals surface area contributed by atoms with Crippen LogP contribution in [0.4, 0.5) is 17.1 Å². The molecule has 3 aromatic carbocycles. The zero-order chi connectivity index (χ0) is 31.6. The quantitative estimate of drug-likeness (QED) is 0.188. The van der Waals surface area contributed by atoms with Gasteiger partial charge in [-0.05, 0) is 81.3 Å². The van der Waals surface area contributed by atoms with E-state index in [2.05, 4.69) is 17.3 Å². The maximum Gasteiger partial charge on any atom is 0.258 e. The molecule has 0 radical (unpaired) electrons. The number of rotatable bonds is 12. The van der Waals surface area contributed by atoms with Crippen LogP contribution in [0.25, 0.3) is 0 Å². The maximum absolute atomic E-state index is 13.5. The monoisotopic (exact) mass is 673 g/mol. The summed E-state index contributed by atoms with van der Waals surface area (Å²) in [5, 5.41) is 2.81. The van der Waals surface area contributed by atoms with Gasteiger partial charge < -0.3 is 35.2 Å². The average Bonchev–Trinajstić information content (AvgIpc) is 3.02. The van der Waals surface area contributed by atoms with Gasteiger partial charge in [-0.15, -0.1) is 24.8 Å². The predicted octanol–water partition coefficient (Wildman–Crippen LogP) is 5.67. The standard InChI is InChI=1S/C34H43N5O5.2ClH/c1-24-13-16-29(31(22-24)44-21-9-5-6-12-32(40)39-19-17-37(2)18-20-39)38(3)34(42)25-14-15-28(30(23-25)43-4)36-33(41)26-10-7-8-11-27(26)35;;/h7-8,10-11,13-16,22-23H,5-6,9,12,17-21,35H2,1-4H3,(H,36,41);2*1H. The molecule has 3 aromatic rings. The lowest BCUT2D eigenvalue weighted by Gasteiger charge is -2.32. The smallest absolute Gasteiger partial charge is 0.258 e. The minimum absolute atomic E-state index is 0. The van der Waals surface area contributed by atoms with Gasteiger partial charge in [-0.25, -0.2) is 0 Å². The average molecular weight is 675 g/mol. The summed E-state index contributed by atoms with van der Waals surface area (Å²) in [6, 6.07) is 17.4. The fourth-order valence-corrected chi connectivity index (χ4v) is 5.09. The molecule has 1 aliphatic rings. The number of amides is 3. The highest BCUT2D eigenvalue weighted by molar-refractivity contribution is 6.10. The van der Waals surface area contributed by atoms with Crippen LogP contribution in [-0.2, 0) is 4.79 Å². The minimum atomic E-state index is -0.374. The van der Waals surface area contributed by atoms with Gasteiger partial charge in [0.15, 0.2) is 0 Å². The van der Waals surface area contributed by atoms with E-state index in [9.17, 15) is 14.4 Å². The van der Waals surface area contributed by atoms with E-state index in [1.165, 1.54) is 7.11 Å². The van der Waals surface area contributed by atoms with E-state index in [0.717, 1.165) is 51.0 Å². The van der Waals surface area contributed by atoms with E-state index in [0.29, 0.717) is 52.7 Å². The summed E-state index contributed by atoms with van der Waals surface area (Å²) in [6.07, 6.45) is 3.07. The molecule has 1 heterocycles. The predicted molar refractivity (Wildman–Crippen MR) is 188 cm³/mol. The van der Waals surface area contributed by atoms with Crippen LogP contribution in [0.15, 0.2) is 60.7 Å². The summed E-state index contributed by atoms with van der Waals surface area (Å²) in [6.45, 7) is 5.92. The fraction of sp³-hybridized carbons (Fsp3) is 0.382. The number of carbonyl (C=O) groups is 3. The molecule has 3 N–H and O–H groups in total. The van der Waals surface area contributed by atoms with E-state index in [4.69, 9.17) is 15.2 Å². The van der Waals surface area contributed by atoms with Gasteiger partial charge in [-0.1, -0.05) is 18.2 Å². The number of ether oxygens (including phenoxy) is 2. The first-order valence-corrected chi connectivity index (χ1v) is 15.0. The van der Waals surface area contributed by atoms with Crippen molar-refractivity contribution < 1.29 is 23.9 Å². The number of anilines is 3. The van der Waals surface area contributed by atoms with Gasteiger partial charge >= 0.3 is 0 Å². The van der Waals surface area contributed by atoms with E-state index >= 15 is 0 Å². The van der Waals surface area contributed by atoms with E-state index in [1.54, 1.807) is 54.4 Å². The normalized spacial score (nSPS) is 12.7. The van der Waals surface area contributed by atoms with Gasteiger partial charge in [-0.2, -0.15) is 0 Å². The van der Waals surface area contributed by atoms with Crippen molar-refractivity contribution in [3.63, 3.8) is 0 Å². The van der Waals surface area contributed by atoms with E-state index in [1.807, 2.05) is 30.0 Å². The molecule has 1 saturated heterocycles. The van der Waals surface area contributed by atoms with Crippen molar-refractivity contribution >= 4 is 59.6 Å². The molecule has 12 heteroatoms. The molecular formula is C34H45Cl2N5O5. The third-order valence-corrected chi connectivity index (χ3v) is 7.83. The molecule has 0 atom stereocenters. The molecule has 0 unspecified atom stereocenters. The Morgan fingerprint density at radius 1 is 0.913 bits per heavy atom. The zero-order valence-corrected chi connectivity index (χ0v) is 28.5. The number of unbranched alkanes of at least 4 members (excludes halogenated alkanes) is 2. The van der Waals surface area contributed by atoms with Crippen molar-refractivity contribution in [2.45, 2.75) is 32.6 Å². The number of para-hydroxylation sites is 1. The van der Waals surface area contributed by atoms with E-state index in [-0.39, 0.29) is 42.5 Å². The molecule has 0 bridgehead atoms. The first-order valence-electron chi connectivity index (χ1n) is 15.0. The lowest BCUT2D eigenvalue weighted by atomic mass is 10.1. The molecule has 4 rings (SSSR count). The molecular weight excluding hydrogens is 629 g/mol.